The lowest BCUT2D eigenvalue weighted by molar-refractivity contribution is 0.220. The van der Waals surface area contributed by atoms with E-state index in [2.05, 4.69) is 6.92 Å². The van der Waals surface area contributed by atoms with E-state index in [1.807, 2.05) is 36.4 Å². The third-order valence-corrected chi connectivity index (χ3v) is 3.19. The number of aliphatic hydroxyl groups excluding tert-OH is 1. The highest BCUT2D eigenvalue weighted by Gasteiger charge is 2.10. The van der Waals surface area contributed by atoms with Crippen LogP contribution in [-0.4, -0.2) is 11.7 Å². The van der Waals surface area contributed by atoms with Crippen molar-refractivity contribution in [2.75, 3.05) is 12.3 Å². The molecular weight excluding hydrogens is 250 g/mol. The molecule has 0 saturated heterocycles. The molecule has 0 aliphatic heterocycles. The van der Waals surface area contributed by atoms with Crippen LogP contribution in [0, 0.1) is 0 Å². The first-order valence-electron chi connectivity index (χ1n) is 6.97. The summed E-state index contributed by atoms with van der Waals surface area (Å²) in [6.07, 6.45) is 1.50. The maximum atomic E-state index is 10.3. The highest BCUT2D eigenvalue weighted by Crippen LogP contribution is 2.25. The number of unbranched alkanes of at least 4 members (excludes halogenated alkanes) is 1. The van der Waals surface area contributed by atoms with Crippen LogP contribution in [0.25, 0.3) is 0 Å². The van der Waals surface area contributed by atoms with E-state index in [0.29, 0.717) is 5.69 Å². The molecule has 3 N–H and O–H groups in total. The average Bonchev–Trinajstić information content (AvgIpc) is 2.47. The number of hydrogen-bond acceptors (Lipinski definition) is 3. The molecule has 0 fully saturated rings. The lowest BCUT2D eigenvalue weighted by Crippen LogP contribution is -2.01. The third-order valence-electron chi connectivity index (χ3n) is 3.19. The minimum absolute atomic E-state index is 0.654. The average molecular weight is 271 g/mol. The Kier molecular flexibility index (Phi) is 5.02. The second-order valence-electron chi connectivity index (χ2n) is 4.84. The van der Waals surface area contributed by atoms with Crippen LogP contribution in [0.1, 0.15) is 37.0 Å². The van der Waals surface area contributed by atoms with E-state index in [4.69, 9.17) is 10.5 Å². The topological polar surface area (TPSA) is 55.5 Å². The molecule has 1 atom stereocenters. The van der Waals surface area contributed by atoms with Crippen molar-refractivity contribution in [3.05, 3.63) is 59.7 Å². The van der Waals surface area contributed by atoms with Crippen molar-refractivity contribution in [2.45, 2.75) is 25.9 Å². The van der Waals surface area contributed by atoms with Crippen molar-refractivity contribution in [2.24, 2.45) is 0 Å². The van der Waals surface area contributed by atoms with Gasteiger partial charge in [-0.25, -0.2) is 0 Å². The molecule has 2 aromatic carbocycles. The normalized spacial score (nSPS) is 12.1. The Morgan fingerprint density at radius 3 is 2.50 bits per heavy atom. The van der Waals surface area contributed by atoms with E-state index in [1.54, 1.807) is 12.1 Å². The summed E-state index contributed by atoms with van der Waals surface area (Å²) >= 11 is 0. The molecule has 3 nitrogen and oxygen atoms in total. The van der Waals surface area contributed by atoms with Crippen molar-refractivity contribution < 1.29 is 9.84 Å². The molecule has 0 aromatic heterocycles. The van der Waals surface area contributed by atoms with Crippen molar-refractivity contribution in [1.82, 2.24) is 0 Å². The van der Waals surface area contributed by atoms with Gasteiger partial charge >= 0.3 is 0 Å². The fourth-order valence-electron chi connectivity index (χ4n) is 2.00. The molecule has 20 heavy (non-hydrogen) atoms. The monoisotopic (exact) mass is 271 g/mol. The zero-order valence-corrected chi connectivity index (χ0v) is 11.8. The van der Waals surface area contributed by atoms with Crippen LogP contribution >= 0.6 is 0 Å². The summed E-state index contributed by atoms with van der Waals surface area (Å²) in [4.78, 5) is 0. The van der Waals surface area contributed by atoms with Crippen molar-refractivity contribution in [3.8, 4) is 5.75 Å². The van der Waals surface area contributed by atoms with Crippen LogP contribution in [0.2, 0.25) is 0 Å². The van der Waals surface area contributed by atoms with E-state index < -0.39 is 6.10 Å². The summed E-state index contributed by atoms with van der Waals surface area (Å²) in [6.45, 7) is 2.86. The molecule has 0 spiro atoms. The van der Waals surface area contributed by atoms with Gasteiger partial charge in [0.15, 0.2) is 0 Å². The molecule has 0 aliphatic rings. The van der Waals surface area contributed by atoms with Crippen molar-refractivity contribution in [3.63, 3.8) is 0 Å². The van der Waals surface area contributed by atoms with Gasteiger partial charge in [0.05, 0.1) is 6.61 Å². The van der Waals surface area contributed by atoms with Gasteiger partial charge in [0.1, 0.15) is 11.9 Å². The van der Waals surface area contributed by atoms with Crippen LogP contribution in [0.3, 0.4) is 0 Å². The van der Waals surface area contributed by atoms with Crippen molar-refractivity contribution >= 4 is 5.69 Å². The third kappa shape index (κ3) is 3.75. The number of nitrogens with two attached hydrogens (primary N) is 1. The SMILES string of the molecule is CCCCOc1ccc(C(O)c2cccc(N)c2)cc1. The van der Waals surface area contributed by atoms with E-state index in [-0.39, 0.29) is 0 Å². The summed E-state index contributed by atoms with van der Waals surface area (Å²) in [5.74, 6) is 0.835. The molecule has 0 saturated carbocycles. The van der Waals surface area contributed by atoms with Crippen LogP contribution in [0.5, 0.6) is 5.75 Å². The van der Waals surface area contributed by atoms with Gasteiger partial charge in [0, 0.05) is 5.69 Å². The fourth-order valence-corrected chi connectivity index (χ4v) is 2.00. The zero-order chi connectivity index (χ0) is 14.4. The summed E-state index contributed by atoms with van der Waals surface area (Å²) in [5.41, 5.74) is 8.02. The Morgan fingerprint density at radius 1 is 1.10 bits per heavy atom. The number of rotatable bonds is 6. The molecule has 0 bridgehead atoms. The predicted molar refractivity (Wildman–Crippen MR) is 81.8 cm³/mol. The molecule has 2 rings (SSSR count). The van der Waals surface area contributed by atoms with Crippen LogP contribution in [-0.2, 0) is 0 Å². The first kappa shape index (κ1) is 14.4. The van der Waals surface area contributed by atoms with Gasteiger partial charge in [0.2, 0.25) is 0 Å². The van der Waals surface area contributed by atoms with E-state index in [1.165, 1.54) is 0 Å². The Balaban J connectivity index is 2.05. The summed E-state index contributed by atoms with van der Waals surface area (Å²) < 4.78 is 5.60. The molecule has 106 valence electrons. The standard InChI is InChI=1S/C17H21NO2/c1-2-3-11-20-16-9-7-13(8-10-16)17(19)14-5-4-6-15(18)12-14/h4-10,12,17,19H,2-3,11,18H2,1H3. The van der Waals surface area contributed by atoms with E-state index in [9.17, 15) is 5.11 Å². The molecular formula is C17H21NO2. The summed E-state index contributed by atoms with van der Waals surface area (Å²) in [7, 11) is 0. The number of nitrogen functional groups attached to an aromatic ring is 1. The number of hydrogen-bond donors (Lipinski definition) is 2. The number of benzene rings is 2. The number of ether oxygens (including phenoxy) is 1. The van der Waals surface area contributed by atoms with Crippen LogP contribution < -0.4 is 10.5 Å². The molecule has 0 amide bonds. The first-order chi connectivity index (χ1) is 9.70. The van der Waals surface area contributed by atoms with Crippen LogP contribution in [0.4, 0.5) is 5.69 Å². The Hall–Kier alpha value is -2.00. The van der Waals surface area contributed by atoms with Gasteiger partial charge in [-0.2, -0.15) is 0 Å². The highest BCUT2D eigenvalue weighted by atomic mass is 16.5. The zero-order valence-electron chi connectivity index (χ0n) is 11.8. The Labute approximate surface area is 120 Å². The molecule has 0 heterocycles. The molecule has 1 unspecified atom stereocenters. The molecule has 2 aromatic rings. The maximum Gasteiger partial charge on any atom is 0.119 e. The van der Waals surface area contributed by atoms with Gasteiger partial charge in [-0.15, -0.1) is 0 Å². The fraction of sp³-hybridized carbons (Fsp3) is 0.294. The quantitative estimate of drug-likeness (QED) is 0.624. The Morgan fingerprint density at radius 2 is 1.85 bits per heavy atom. The maximum absolute atomic E-state index is 10.3. The lowest BCUT2D eigenvalue weighted by atomic mass is 10.0. The van der Waals surface area contributed by atoms with E-state index in [0.717, 1.165) is 36.3 Å². The van der Waals surface area contributed by atoms with Crippen LogP contribution in [0.15, 0.2) is 48.5 Å². The minimum atomic E-state index is -0.664. The highest BCUT2D eigenvalue weighted by molar-refractivity contribution is 5.44. The van der Waals surface area contributed by atoms with Gasteiger partial charge in [-0.3, -0.25) is 0 Å². The smallest absolute Gasteiger partial charge is 0.119 e. The van der Waals surface area contributed by atoms with Crippen molar-refractivity contribution in [1.29, 1.82) is 0 Å². The minimum Gasteiger partial charge on any atom is -0.494 e. The number of anilines is 1. The van der Waals surface area contributed by atoms with E-state index >= 15 is 0 Å². The molecule has 0 radical (unpaired) electrons. The summed E-state index contributed by atoms with van der Waals surface area (Å²) in [5, 5.41) is 10.3. The molecule has 3 heteroatoms. The largest absolute Gasteiger partial charge is 0.494 e. The Bertz CT molecular complexity index is 537. The van der Waals surface area contributed by atoms with Gasteiger partial charge in [-0.05, 0) is 41.8 Å². The number of aliphatic hydroxyl groups is 1. The van der Waals surface area contributed by atoms with Gasteiger partial charge in [-0.1, -0.05) is 37.6 Å². The van der Waals surface area contributed by atoms with Gasteiger partial charge < -0.3 is 15.6 Å². The predicted octanol–water partition coefficient (Wildman–Crippen LogP) is 3.53. The van der Waals surface area contributed by atoms with Gasteiger partial charge in [0.25, 0.3) is 0 Å². The molecule has 0 aliphatic carbocycles. The first-order valence-corrected chi connectivity index (χ1v) is 6.97. The second-order valence-corrected chi connectivity index (χ2v) is 4.84. The lowest BCUT2D eigenvalue weighted by Gasteiger charge is -2.13. The second kappa shape index (κ2) is 6.96. The summed E-state index contributed by atoms with van der Waals surface area (Å²) in [6, 6.07) is 14.9.